The lowest BCUT2D eigenvalue weighted by atomic mass is 9.95. The second-order valence-electron chi connectivity index (χ2n) is 7.34. The number of ether oxygens (including phenoxy) is 2. The van der Waals surface area contributed by atoms with Gasteiger partial charge in [-0.1, -0.05) is 29.8 Å². The van der Waals surface area contributed by atoms with Crippen LogP contribution in [0.4, 0.5) is 0 Å². The first kappa shape index (κ1) is 20.4. The van der Waals surface area contributed by atoms with Crippen molar-refractivity contribution in [3.05, 3.63) is 70.3 Å². The SMILES string of the molecule is COc1ccc(/C(O)=C2\C(=O)C(=O)N(C[C@@H]3CCCO3)[C@@H]2c2ccccc2Cl)cc1. The van der Waals surface area contributed by atoms with E-state index in [1.165, 1.54) is 4.90 Å². The number of rotatable bonds is 5. The van der Waals surface area contributed by atoms with Gasteiger partial charge in [0.1, 0.15) is 11.5 Å². The van der Waals surface area contributed by atoms with Gasteiger partial charge < -0.3 is 19.5 Å². The van der Waals surface area contributed by atoms with Crippen LogP contribution < -0.4 is 4.74 Å². The highest BCUT2D eigenvalue weighted by Gasteiger charge is 2.47. The zero-order valence-corrected chi connectivity index (χ0v) is 17.3. The summed E-state index contributed by atoms with van der Waals surface area (Å²) in [4.78, 5) is 27.4. The molecule has 0 radical (unpaired) electrons. The second kappa shape index (κ2) is 8.50. The zero-order chi connectivity index (χ0) is 21.3. The van der Waals surface area contributed by atoms with Gasteiger partial charge >= 0.3 is 0 Å². The van der Waals surface area contributed by atoms with E-state index in [0.717, 1.165) is 12.8 Å². The number of benzene rings is 2. The van der Waals surface area contributed by atoms with Gasteiger partial charge in [-0.15, -0.1) is 0 Å². The number of amides is 1. The summed E-state index contributed by atoms with van der Waals surface area (Å²) in [6.45, 7) is 0.900. The number of halogens is 1. The Morgan fingerprint density at radius 2 is 1.93 bits per heavy atom. The molecule has 0 bridgehead atoms. The summed E-state index contributed by atoms with van der Waals surface area (Å²) >= 11 is 6.44. The van der Waals surface area contributed by atoms with E-state index in [2.05, 4.69) is 0 Å². The molecule has 6 nitrogen and oxygen atoms in total. The lowest BCUT2D eigenvalue weighted by molar-refractivity contribution is -0.140. The van der Waals surface area contributed by atoms with Crippen molar-refractivity contribution < 1.29 is 24.2 Å². The molecule has 0 aliphatic carbocycles. The molecule has 1 amide bonds. The zero-order valence-electron chi connectivity index (χ0n) is 16.5. The van der Waals surface area contributed by atoms with Gasteiger partial charge in [-0.3, -0.25) is 9.59 Å². The number of carbonyl (C=O) groups is 2. The summed E-state index contributed by atoms with van der Waals surface area (Å²) < 4.78 is 10.8. The number of hydrogen-bond acceptors (Lipinski definition) is 5. The van der Waals surface area contributed by atoms with Crippen molar-refractivity contribution in [3.8, 4) is 5.75 Å². The van der Waals surface area contributed by atoms with Crippen molar-refractivity contribution in [1.29, 1.82) is 0 Å². The molecule has 0 aromatic heterocycles. The predicted octanol–water partition coefficient (Wildman–Crippen LogP) is 3.95. The lowest BCUT2D eigenvalue weighted by Crippen LogP contribution is -2.36. The molecule has 4 rings (SSSR count). The molecule has 2 aromatic rings. The maximum atomic E-state index is 13.0. The fourth-order valence-corrected chi connectivity index (χ4v) is 4.24. The van der Waals surface area contributed by atoms with Gasteiger partial charge in [-0.2, -0.15) is 0 Å². The van der Waals surface area contributed by atoms with Crippen LogP contribution in [0, 0.1) is 0 Å². The Kier molecular flexibility index (Phi) is 5.79. The number of Topliss-reactive ketones (excluding diaryl/α,β-unsaturated/α-hetero) is 1. The molecule has 7 heteroatoms. The molecule has 2 aliphatic rings. The Labute approximate surface area is 179 Å². The average molecular weight is 428 g/mol. The first-order valence-corrected chi connectivity index (χ1v) is 10.2. The Hall–Kier alpha value is -2.83. The molecule has 2 heterocycles. The lowest BCUT2D eigenvalue weighted by Gasteiger charge is -2.28. The number of likely N-dealkylation sites (tertiary alicyclic amines) is 1. The normalized spacial score (nSPS) is 23.2. The van der Waals surface area contributed by atoms with Crippen LogP contribution in [0.2, 0.25) is 5.02 Å². The van der Waals surface area contributed by atoms with E-state index in [1.54, 1.807) is 55.6 Å². The van der Waals surface area contributed by atoms with Crippen molar-refractivity contribution >= 4 is 29.1 Å². The van der Waals surface area contributed by atoms with Gasteiger partial charge in [0.25, 0.3) is 11.7 Å². The summed E-state index contributed by atoms with van der Waals surface area (Å²) in [5, 5.41) is 11.5. The van der Waals surface area contributed by atoms with Crippen molar-refractivity contribution in [3.63, 3.8) is 0 Å². The molecular weight excluding hydrogens is 406 g/mol. The van der Waals surface area contributed by atoms with E-state index in [-0.39, 0.29) is 24.0 Å². The largest absolute Gasteiger partial charge is 0.507 e. The van der Waals surface area contributed by atoms with Gasteiger partial charge in [-0.25, -0.2) is 0 Å². The Balaban J connectivity index is 1.82. The van der Waals surface area contributed by atoms with Crippen LogP contribution in [0.25, 0.3) is 5.76 Å². The number of methoxy groups -OCH3 is 1. The van der Waals surface area contributed by atoms with Crippen LogP contribution in [0.1, 0.15) is 30.0 Å². The summed E-state index contributed by atoms with van der Waals surface area (Å²) in [6.07, 6.45) is 1.59. The van der Waals surface area contributed by atoms with Crippen LogP contribution >= 0.6 is 11.6 Å². The second-order valence-corrected chi connectivity index (χ2v) is 7.74. The molecule has 30 heavy (non-hydrogen) atoms. The Bertz CT molecular complexity index is 995. The molecule has 0 saturated carbocycles. The molecule has 156 valence electrons. The summed E-state index contributed by atoms with van der Waals surface area (Å²) in [5.74, 6) is -1.01. The summed E-state index contributed by atoms with van der Waals surface area (Å²) in [7, 11) is 1.54. The molecule has 2 fully saturated rings. The minimum Gasteiger partial charge on any atom is -0.507 e. The fourth-order valence-electron chi connectivity index (χ4n) is 4.00. The maximum Gasteiger partial charge on any atom is 0.295 e. The highest BCUT2D eigenvalue weighted by atomic mass is 35.5. The van der Waals surface area contributed by atoms with E-state index >= 15 is 0 Å². The number of aliphatic hydroxyl groups is 1. The molecule has 2 atom stereocenters. The monoisotopic (exact) mass is 427 g/mol. The standard InChI is InChI=1S/C23H22ClNO5/c1-29-15-10-8-14(9-11-15)21(26)19-20(17-6-2-3-7-18(17)24)25(23(28)22(19)27)13-16-5-4-12-30-16/h2-3,6-11,16,20,26H,4-5,12-13H2,1H3/b21-19+/t16-,20+/m0/s1. The third kappa shape index (κ3) is 3.68. The average Bonchev–Trinajstić information content (AvgIpc) is 3.36. The fraction of sp³-hybridized carbons (Fsp3) is 0.304. The Morgan fingerprint density at radius 3 is 2.57 bits per heavy atom. The number of hydrogen-bond donors (Lipinski definition) is 1. The molecule has 2 aliphatic heterocycles. The maximum absolute atomic E-state index is 13.0. The number of ketones is 1. The number of carbonyl (C=O) groups excluding carboxylic acids is 2. The summed E-state index contributed by atoms with van der Waals surface area (Å²) in [6, 6.07) is 12.9. The molecule has 2 aromatic carbocycles. The van der Waals surface area contributed by atoms with Crippen molar-refractivity contribution in [2.24, 2.45) is 0 Å². The van der Waals surface area contributed by atoms with Gasteiger partial charge in [0.2, 0.25) is 0 Å². The van der Waals surface area contributed by atoms with E-state index in [4.69, 9.17) is 21.1 Å². The molecule has 0 unspecified atom stereocenters. The molecule has 1 N–H and O–H groups in total. The molecule has 0 spiro atoms. The van der Waals surface area contributed by atoms with Crippen LogP contribution in [0.3, 0.4) is 0 Å². The van der Waals surface area contributed by atoms with E-state index in [1.807, 2.05) is 0 Å². The minimum absolute atomic E-state index is 0.0243. The topological polar surface area (TPSA) is 76.1 Å². The summed E-state index contributed by atoms with van der Waals surface area (Å²) in [5.41, 5.74) is 1.03. The van der Waals surface area contributed by atoms with Crippen molar-refractivity contribution in [2.75, 3.05) is 20.3 Å². The van der Waals surface area contributed by atoms with Gasteiger partial charge in [0.05, 0.1) is 24.8 Å². The quantitative estimate of drug-likeness (QED) is 0.444. The Morgan fingerprint density at radius 1 is 1.20 bits per heavy atom. The highest BCUT2D eigenvalue weighted by Crippen LogP contribution is 2.42. The smallest absolute Gasteiger partial charge is 0.295 e. The van der Waals surface area contributed by atoms with Crippen LogP contribution in [-0.4, -0.2) is 48.1 Å². The van der Waals surface area contributed by atoms with Gasteiger partial charge in [0, 0.05) is 23.7 Å². The number of nitrogens with zero attached hydrogens (tertiary/aromatic N) is 1. The van der Waals surface area contributed by atoms with E-state index < -0.39 is 17.7 Å². The van der Waals surface area contributed by atoms with Crippen molar-refractivity contribution in [1.82, 2.24) is 4.90 Å². The third-order valence-corrected chi connectivity index (χ3v) is 5.87. The van der Waals surface area contributed by atoms with Crippen LogP contribution in [-0.2, 0) is 14.3 Å². The minimum atomic E-state index is -0.787. The molecular formula is C23H22ClNO5. The van der Waals surface area contributed by atoms with E-state index in [9.17, 15) is 14.7 Å². The van der Waals surface area contributed by atoms with Crippen LogP contribution in [0.5, 0.6) is 5.75 Å². The van der Waals surface area contributed by atoms with Crippen LogP contribution in [0.15, 0.2) is 54.1 Å². The first-order valence-electron chi connectivity index (χ1n) is 9.80. The number of aliphatic hydroxyl groups excluding tert-OH is 1. The molecule has 2 saturated heterocycles. The van der Waals surface area contributed by atoms with Crippen molar-refractivity contribution in [2.45, 2.75) is 25.0 Å². The highest BCUT2D eigenvalue weighted by molar-refractivity contribution is 6.47. The predicted molar refractivity (Wildman–Crippen MR) is 112 cm³/mol. The van der Waals surface area contributed by atoms with Gasteiger partial charge in [0.15, 0.2) is 0 Å². The van der Waals surface area contributed by atoms with E-state index in [0.29, 0.717) is 28.5 Å². The van der Waals surface area contributed by atoms with Gasteiger partial charge in [-0.05, 0) is 48.7 Å². The third-order valence-electron chi connectivity index (χ3n) is 5.53. The first-order chi connectivity index (χ1) is 14.5.